The molecule has 1 spiro atoms. The zero-order valence-electron chi connectivity index (χ0n) is 12.7. The molecule has 0 amide bonds. The van der Waals surface area contributed by atoms with Gasteiger partial charge in [-0.1, -0.05) is 63.6 Å². The molecule has 1 heterocycles. The summed E-state index contributed by atoms with van der Waals surface area (Å²) >= 11 is 1.89. The van der Waals surface area contributed by atoms with Gasteiger partial charge in [-0.2, -0.15) is 0 Å². The molecule has 1 fully saturated rings. The second-order valence-corrected chi connectivity index (χ2v) is 8.02. The third-order valence-electron chi connectivity index (χ3n) is 4.33. The smallest absolute Gasteiger partial charge is 0.161 e. The van der Waals surface area contributed by atoms with Gasteiger partial charge in [0.05, 0.1) is 5.54 Å². The molecule has 1 aromatic rings. The van der Waals surface area contributed by atoms with Crippen LogP contribution in [-0.4, -0.2) is 16.5 Å². The van der Waals surface area contributed by atoms with Crippen molar-refractivity contribution in [2.24, 2.45) is 4.99 Å². The van der Waals surface area contributed by atoms with Crippen molar-refractivity contribution in [2.45, 2.75) is 57.4 Å². The van der Waals surface area contributed by atoms with Crippen molar-refractivity contribution < 1.29 is 0 Å². The molecule has 1 aliphatic heterocycles. The molecule has 2 aliphatic rings. The Balaban J connectivity index is 1.82. The second-order valence-electron chi connectivity index (χ2n) is 7.06. The van der Waals surface area contributed by atoms with E-state index in [1.54, 1.807) is 0 Å². The summed E-state index contributed by atoms with van der Waals surface area (Å²) in [6.45, 7) is 6.78. The van der Waals surface area contributed by atoms with Crippen LogP contribution in [-0.2, 0) is 5.41 Å². The van der Waals surface area contributed by atoms with E-state index >= 15 is 0 Å². The fraction of sp³-hybridized carbons (Fsp3) is 0.588. The Kier molecular flexibility index (Phi) is 3.57. The first-order valence-electron chi connectivity index (χ1n) is 7.58. The van der Waals surface area contributed by atoms with Crippen LogP contribution in [0, 0.1) is 0 Å². The van der Waals surface area contributed by atoms with Crippen LogP contribution in [0.25, 0.3) is 0 Å². The molecule has 0 unspecified atom stereocenters. The Morgan fingerprint density at radius 3 is 2.55 bits per heavy atom. The van der Waals surface area contributed by atoms with Crippen LogP contribution in [0.3, 0.4) is 0 Å². The highest BCUT2D eigenvalue weighted by atomic mass is 32.2. The maximum absolute atomic E-state index is 5.01. The fourth-order valence-corrected chi connectivity index (χ4v) is 4.40. The van der Waals surface area contributed by atoms with E-state index in [1.807, 2.05) is 11.8 Å². The number of para-hydroxylation sites is 1. The normalized spacial score (nSPS) is 21.2. The molecule has 0 bridgehead atoms. The number of nitrogens with zero attached hydrogens (tertiary/aromatic N) is 1. The molecule has 0 radical (unpaired) electrons. The summed E-state index contributed by atoms with van der Waals surface area (Å²) < 4.78 is 0. The van der Waals surface area contributed by atoms with Gasteiger partial charge in [0.15, 0.2) is 5.17 Å². The molecule has 1 saturated carbocycles. The number of thioether (sulfide) groups is 1. The largest absolute Gasteiger partial charge is 0.335 e. The van der Waals surface area contributed by atoms with Crippen molar-refractivity contribution in [1.29, 1.82) is 0 Å². The first-order valence-corrected chi connectivity index (χ1v) is 8.56. The van der Waals surface area contributed by atoms with E-state index in [0.29, 0.717) is 0 Å². The first kappa shape index (κ1) is 14.0. The third kappa shape index (κ3) is 2.73. The Hall–Kier alpha value is -0.960. The van der Waals surface area contributed by atoms with Crippen molar-refractivity contribution in [3.8, 4) is 0 Å². The zero-order valence-corrected chi connectivity index (χ0v) is 13.5. The number of aliphatic imine (C=N–C) groups is 1. The Bertz CT molecular complexity index is 522. The van der Waals surface area contributed by atoms with Crippen molar-refractivity contribution in [1.82, 2.24) is 0 Å². The average molecular weight is 288 g/mol. The molecule has 3 rings (SSSR count). The summed E-state index contributed by atoms with van der Waals surface area (Å²) in [5.41, 5.74) is 2.97. The topological polar surface area (TPSA) is 24.4 Å². The number of hydrogen-bond acceptors (Lipinski definition) is 3. The number of anilines is 1. The van der Waals surface area contributed by atoms with Gasteiger partial charge in [-0.15, -0.1) is 0 Å². The van der Waals surface area contributed by atoms with Gasteiger partial charge in [0, 0.05) is 11.4 Å². The molecule has 3 heteroatoms. The molecule has 0 atom stereocenters. The van der Waals surface area contributed by atoms with Gasteiger partial charge in [0.1, 0.15) is 0 Å². The lowest BCUT2D eigenvalue weighted by molar-refractivity contribution is 0.508. The molecule has 108 valence electrons. The van der Waals surface area contributed by atoms with E-state index in [-0.39, 0.29) is 11.0 Å². The van der Waals surface area contributed by atoms with Gasteiger partial charge in [-0.05, 0) is 29.9 Å². The zero-order chi connectivity index (χ0) is 14.2. The molecule has 1 N–H and O–H groups in total. The van der Waals surface area contributed by atoms with Crippen molar-refractivity contribution in [2.75, 3.05) is 11.1 Å². The van der Waals surface area contributed by atoms with Crippen molar-refractivity contribution in [3.05, 3.63) is 29.8 Å². The predicted octanol–water partition coefficient (Wildman–Crippen LogP) is 4.81. The third-order valence-corrected chi connectivity index (χ3v) is 5.48. The number of benzene rings is 1. The van der Waals surface area contributed by atoms with Gasteiger partial charge in [0.2, 0.25) is 0 Å². The van der Waals surface area contributed by atoms with Crippen LogP contribution in [0.1, 0.15) is 52.0 Å². The standard InChI is InChI=1S/C17H24N2S/c1-16(2,3)13-8-4-5-9-14(13)18-15-19-17(12-20-15)10-6-7-11-17/h4-5,8-9H,6-7,10-12H2,1-3H3,(H,18,19). The maximum atomic E-state index is 5.01. The molecule has 0 aromatic heterocycles. The lowest BCUT2D eigenvalue weighted by atomic mass is 9.86. The molecular formula is C17H24N2S. The fourth-order valence-electron chi connectivity index (χ4n) is 3.20. The summed E-state index contributed by atoms with van der Waals surface area (Å²) in [4.78, 5) is 5.01. The van der Waals surface area contributed by atoms with E-state index in [9.17, 15) is 0 Å². The summed E-state index contributed by atoms with van der Waals surface area (Å²) in [6.07, 6.45) is 5.23. The van der Waals surface area contributed by atoms with Crippen LogP contribution >= 0.6 is 11.8 Å². The predicted molar refractivity (Wildman–Crippen MR) is 89.9 cm³/mol. The summed E-state index contributed by atoms with van der Waals surface area (Å²) in [6, 6.07) is 8.61. The lowest BCUT2D eigenvalue weighted by Gasteiger charge is -2.23. The van der Waals surface area contributed by atoms with Gasteiger partial charge in [-0.25, -0.2) is 0 Å². The second kappa shape index (κ2) is 5.10. The minimum absolute atomic E-state index is 0.151. The van der Waals surface area contributed by atoms with Crippen LogP contribution in [0.2, 0.25) is 0 Å². The van der Waals surface area contributed by atoms with Crippen LogP contribution in [0.5, 0.6) is 0 Å². The molecule has 1 aliphatic carbocycles. The van der Waals surface area contributed by atoms with E-state index in [1.165, 1.54) is 36.9 Å². The van der Waals surface area contributed by atoms with E-state index in [2.05, 4.69) is 50.4 Å². The van der Waals surface area contributed by atoms with Gasteiger partial charge in [-0.3, -0.25) is 4.99 Å². The average Bonchev–Trinajstić information content (AvgIpc) is 3.00. The molecule has 20 heavy (non-hydrogen) atoms. The Labute approximate surface area is 126 Å². The highest BCUT2D eigenvalue weighted by Crippen LogP contribution is 2.41. The minimum Gasteiger partial charge on any atom is -0.335 e. The minimum atomic E-state index is 0.151. The highest BCUT2D eigenvalue weighted by molar-refractivity contribution is 8.14. The monoisotopic (exact) mass is 288 g/mol. The van der Waals surface area contributed by atoms with Gasteiger partial charge in [0.25, 0.3) is 0 Å². The molecule has 2 nitrogen and oxygen atoms in total. The highest BCUT2D eigenvalue weighted by Gasteiger charge is 2.38. The molecular weight excluding hydrogens is 264 g/mol. The Morgan fingerprint density at radius 2 is 1.85 bits per heavy atom. The first-order chi connectivity index (χ1) is 9.49. The Morgan fingerprint density at radius 1 is 1.15 bits per heavy atom. The van der Waals surface area contributed by atoms with Crippen LogP contribution in [0.15, 0.2) is 29.3 Å². The van der Waals surface area contributed by atoms with Crippen molar-refractivity contribution in [3.63, 3.8) is 0 Å². The number of rotatable bonds is 1. The maximum Gasteiger partial charge on any atom is 0.161 e. The molecule has 0 saturated heterocycles. The quantitative estimate of drug-likeness (QED) is 0.802. The van der Waals surface area contributed by atoms with Crippen molar-refractivity contribution >= 4 is 22.6 Å². The SMILES string of the molecule is CC(C)(C)c1ccccc1NC1=NC2(CCCC2)CS1. The van der Waals surface area contributed by atoms with Gasteiger partial charge < -0.3 is 5.32 Å². The molecule has 1 aromatic carbocycles. The summed E-state index contributed by atoms with van der Waals surface area (Å²) in [7, 11) is 0. The van der Waals surface area contributed by atoms with E-state index in [0.717, 1.165) is 10.9 Å². The van der Waals surface area contributed by atoms with Gasteiger partial charge >= 0.3 is 0 Å². The summed E-state index contributed by atoms with van der Waals surface area (Å²) in [5.74, 6) is 1.16. The van der Waals surface area contributed by atoms with E-state index in [4.69, 9.17) is 4.99 Å². The lowest BCUT2D eigenvalue weighted by Crippen LogP contribution is -2.21. The van der Waals surface area contributed by atoms with E-state index < -0.39 is 0 Å². The summed E-state index contributed by atoms with van der Waals surface area (Å²) in [5, 5.41) is 4.69. The number of amidine groups is 1. The number of nitrogens with one attached hydrogen (secondary N) is 1. The number of hydrogen-bond donors (Lipinski definition) is 1. The van der Waals surface area contributed by atoms with Crippen LogP contribution in [0.4, 0.5) is 5.69 Å². The van der Waals surface area contributed by atoms with Crippen LogP contribution < -0.4 is 5.32 Å².